The van der Waals surface area contributed by atoms with Gasteiger partial charge in [-0.15, -0.1) is 0 Å². The summed E-state index contributed by atoms with van der Waals surface area (Å²) in [6, 6.07) is 7.12. The highest BCUT2D eigenvalue weighted by Gasteiger charge is 2.55. The van der Waals surface area contributed by atoms with E-state index in [-0.39, 0.29) is 47.5 Å². The lowest BCUT2D eigenvalue weighted by atomic mass is 9.81. The second-order valence-electron chi connectivity index (χ2n) is 8.16. The van der Waals surface area contributed by atoms with Gasteiger partial charge < -0.3 is 26.8 Å². The average Bonchev–Trinajstić information content (AvgIpc) is 3.26. The highest BCUT2D eigenvalue weighted by atomic mass is 19.1. The third kappa shape index (κ3) is 3.20. The minimum absolute atomic E-state index is 0.0540. The van der Waals surface area contributed by atoms with Crippen molar-refractivity contribution in [3.63, 3.8) is 0 Å². The number of primary amides is 1. The summed E-state index contributed by atoms with van der Waals surface area (Å²) in [5.74, 6) is -0.841. The predicted octanol–water partition coefficient (Wildman–Crippen LogP) is 1.29. The topological polar surface area (TPSA) is 125 Å². The molecule has 2 aromatic rings. The van der Waals surface area contributed by atoms with E-state index in [1.165, 1.54) is 0 Å². The number of halogens is 1. The number of fused-ring (bicyclic) bond motifs is 5. The van der Waals surface area contributed by atoms with Crippen LogP contribution in [0.4, 0.5) is 21.8 Å². The molecule has 1 amide bonds. The Labute approximate surface area is 167 Å². The van der Waals surface area contributed by atoms with Gasteiger partial charge in [-0.05, 0) is 42.4 Å². The van der Waals surface area contributed by atoms with Crippen molar-refractivity contribution in [1.29, 1.82) is 0 Å². The number of aromatic nitrogens is 2. The van der Waals surface area contributed by atoms with Crippen LogP contribution in [-0.2, 0) is 4.79 Å². The summed E-state index contributed by atoms with van der Waals surface area (Å²) >= 11 is 0. The van der Waals surface area contributed by atoms with Crippen LogP contribution in [-0.4, -0.2) is 39.6 Å². The molecule has 1 aromatic heterocycles. The smallest absolute Gasteiger partial charge is 0.229 e. The molecule has 0 saturated heterocycles. The number of β-amino-alcohol motifs (C(OH)–C–C–N with tert-alkyl or cyclic N) is 1. The Bertz CT molecular complexity index is 956. The van der Waals surface area contributed by atoms with E-state index in [2.05, 4.69) is 25.9 Å². The normalized spacial score (nSPS) is 32.8. The van der Waals surface area contributed by atoms with Crippen molar-refractivity contribution in [2.24, 2.45) is 23.5 Å². The molecule has 1 aliphatic heterocycles. The SMILES string of the molecule is NC(=O)[C@H]1[C@H]2C[C@H]3[C@H]1Nc1nc(ncc1F)Nc1cccc(c1)C(O)CN[C@@H]3C2. The fourth-order valence-corrected chi connectivity index (χ4v) is 5.22. The van der Waals surface area contributed by atoms with Crippen LogP contribution < -0.4 is 21.7 Å². The second kappa shape index (κ2) is 6.93. The third-order valence-electron chi connectivity index (χ3n) is 6.48. The molecule has 2 aliphatic carbocycles. The van der Waals surface area contributed by atoms with E-state index in [1.807, 2.05) is 24.3 Å². The maximum atomic E-state index is 14.5. The van der Waals surface area contributed by atoms with Crippen molar-refractivity contribution in [3.05, 3.63) is 41.8 Å². The van der Waals surface area contributed by atoms with Crippen LogP contribution in [0.2, 0.25) is 0 Å². The summed E-state index contributed by atoms with van der Waals surface area (Å²) in [7, 11) is 0. The monoisotopic (exact) mass is 398 g/mol. The molecule has 152 valence electrons. The number of amides is 1. The second-order valence-corrected chi connectivity index (χ2v) is 8.16. The van der Waals surface area contributed by atoms with Crippen molar-refractivity contribution in [2.45, 2.75) is 31.0 Å². The number of rotatable bonds is 1. The lowest BCUT2D eigenvalue weighted by molar-refractivity contribution is -0.123. The lowest BCUT2D eigenvalue weighted by Gasteiger charge is -2.36. The molecule has 6 N–H and O–H groups in total. The number of nitrogens with zero attached hydrogens (tertiary/aromatic N) is 2. The largest absolute Gasteiger partial charge is 0.387 e. The van der Waals surface area contributed by atoms with E-state index in [0.717, 1.165) is 24.6 Å². The Morgan fingerprint density at radius 1 is 1.31 bits per heavy atom. The summed E-state index contributed by atoms with van der Waals surface area (Å²) in [6.45, 7) is 0.390. The Morgan fingerprint density at radius 2 is 2.17 bits per heavy atom. The van der Waals surface area contributed by atoms with Gasteiger partial charge in [-0.25, -0.2) is 9.37 Å². The standard InChI is InChI=1S/C20H23FN6O2/c21-13-7-24-20-25-11-3-1-2-9(4-11)15(28)8-23-14-6-10-5-12(14)17(16(10)18(22)29)26-19(13)27-20/h1-4,7,10,12,14-17,23,28H,5-6,8H2,(H2,22,29)(H2,24,25,26,27)/t10-,12+,14+,15?,16-,17+/m0/s1. The summed E-state index contributed by atoms with van der Waals surface area (Å²) in [4.78, 5) is 20.4. The van der Waals surface area contributed by atoms with Gasteiger partial charge in [-0.1, -0.05) is 12.1 Å². The number of hydrogen-bond acceptors (Lipinski definition) is 7. The zero-order valence-corrected chi connectivity index (χ0v) is 15.7. The quantitative estimate of drug-likeness (QED) is 0.490. The van der Waals surface area contributed by atoms with E-state index < -0.39 is 11.9 Å². The van der Waals surface area contributed by atoms with Crippen molar-refractivity contribution in [1.82, 2.24) is 15.3 Å². The van der Waals surface area contributed by atoms with Gasteiger partial charge in [0.2, 0.25) is 11.9 Å². The third-order valence-corrected chi connectivity index (χ3v) is 6.48. The molecule has 5 rings (SSSR count). The van der Waals surface area contributed by atoms with Crippen LogP contribution in [0.15, 0.2) is 30.5 Å². The summed E-state index contributed by atoms with van der Waals surface area (Å²) < 4.78 is 14.5. The molecule has 0 radical (unpaired) electrons. The number of aliphatic hydroxyl groups excluding tert-OH is 1. The number of nitrogens with one attached hydrogen (secondary N) is 3. The number of carbonyl (C=O) groups is 1. The molecule has 2 heterocycles. The van der Waals surface area contributed by atoms with E-state index in [0.29, 0.717) is 12.2 Å². The molecule has 2 saturated carbocycles. The fourth-order valence-electron chi connectivity index (χ4n) is 5.22. The number of anilines is 3. The zero-order valence-electron chi connectivity index (χ0n) is 15.7. The summed E-state index contributed by atoms with van der Waals surface area (Å²) in [6.07, 6.45) is 2.06. The van der Waals surface area contributed by atoms with Crippen LogP contribution in [0, 0.1) is 23.6 Å². The Kier molecular flexibility index (Phi) is 4.36. The van der Waals surface area contributed by atoms with Crippen molar-refractivity contribution < 1.29 is 14.3 Å². The number of aliphatic hydroxyl groups is 1. The van der Waals surface area contributed by atoms with E-state index in [1.54, 1.807) is 0 Å². The van der Waals surface area contributed by atoms with E-state index >= 15 is 0 Å². The van der Waals surface area contributed by atoms with Crippen LogP contribution in [0.5, 0.6) is 0 Å². The first-order valence-electron chi connectivity index (χ1n) is 9.86. The maximum Gasteiger partial charge on any atom is 0.229 e. The number of carbonyl (C=O) groups excluding carboxylic acids is 1. The zero-order chi connectivity index (χ0) is 20.1. The first kappa shape index (κ1) is 18.3. The Morgan fingerprint density at radius 3 is 3.00 bits per heavy atom. The molecule has 8 nitrogen and oxygen atoms in total. The molecule has 0 spiro atoms. The highest BCUT2D eigenvalue weighted by molar-refractivity contribution is 5.79. The minimum atomic E-state index is -0.679. The Balaban J connectivity index is 1.56. The van der Waals surface area contributed by atoms with Gasteiger partial charge in [0.1, 0.15) is 0 Å². The molecule has 1 unspecified atom stereocenters. The molecule has 9 heteroatoms. The van der Waals surface area contributed by atoms with Crippen molar-refractivity contribution >= 4 is 23.4 Å². The van der Waals surface area contributed by atoms with Gasteiger partial charge in [0, 0.05) is 24.3 Å². The molecule has 6 bridgehead atoms. The molecule has 3 aliphatic rings. The molecular formula is C20H23FN6O2. The van der Waals surface area contributed by atoms with Crippen molar-refractivity contribution in [3.8, 4) is 0 Å². The van der Waals surface area contributed by atoms with Gasteiger partial charge in [0.25, 0.3) is 0 Å². The van der Waals surface area contributed by atoms with Crippen LogP contribution in [0.3, 0.4) is 0 Å². The van der Waals surface area contributed by atoms with Crippen LogP contribution in [0.25, 0.3) is 0 Å². The predicted molar refractivity (Wildman–Crippen MR) is 105 cm³/mol. The van der Waals surface area contributed by atoms with Gasteiger partial charge in [0.15, 0.2) is 11.6 Å². The number of hydrogen-bond donors (Lipinski definition) is 5. The molecule has 6 atom stereocenters. The maximum absolute atomic E-state index is 14.5. The fraction of sp³-hybridized carbons (Fsp3) is 0.450. The summed E-state index contributed by atoms with van der Waals surface area (Å²) in [5.41, 5.74) is 7.13. The Hall–Kier alpha value is -2.78. The summed E-state index contributed by atoms with van der Waals surface area (Å²) in [5, 5.41) is 20.3. The van der Waals surface area contributed by atoms with Gasteiger partial charge >= 0.3 is 0 Å². The molecule has 2 fully saturated rings. The molecular weight excluding hydrogens is 375 g/mol. The molecule has 1 aromatic carbocycles. The van der Waals surface area contributed by atoms with Gasteiger partial charge in [-0.3, -0.25) is 4.79 Å². The number of benzene rings is 1. The van der Waals surface area contributed by atoms with Crippen molar-refractivity contribution in [2.75, 3.05) is 17.2 Å². The minimum Gasteiger partial charge on any atom is -0.387 e. The first-order chi connectivity index (χ1) is 14.0. The van der Waals surface area contributed by atoms with Gasteiger partial charge in [-0.2, -0.15) is 4.98 Å². The van der Waals surface area contributed by atoms with Crippen LogP contribution in [0.1, 0.15) is 24.5 Å². The average molecular weight is 398 g/mol. The number of nitrogens with two attached hydrogens (primary N) is 1. The van der Waals surface area contributed by atoms with E-state index in [9.17, 15) is 14.3 Å². The molecule has 29 heavy (non-hydrogen) atoms. The first-order valence-corrected chi connectivity index (χ1v) is 9.86. The van der Waals surface area contributed by atoms with Crippen LogP contribution >= 0.6 is 0 Å². The van der Waals surface area contributed by atoms with E-state index in [4.69, 9.17) is 5.73 Å². The lowest BCUT2D eigenvalue weighted by Crippen LogP contribution is -2.51. The van der Waals surface area contributed by atoms with Gasteiger partial charge in [0.05, 0.1) is 18.2 Å². The highest BCUT2D eigenvalue weighted by Crippen LogP contribution is 2.49.